The highest BCUT2D eigenvalue weighted by molar-refractivity contribution is 9.10. The third-order valence-corrected chi connectivity index (χ3v) is 10.4. The van der Waals surface area contributed by atoms with Crippen LogP contribution in [0.5, 0.6) is 5.75 Å². The molecule has 0 aliphatic carbocycles. The number of nitro groups is 1. The number of carbonyl (C=O) groups is 2. The van der Waals surface area contributed by atoms with Crippen LogP contribution in [0.15, 0.2) is 106 Å². The molecule has 2 atom stereocenters. The van der Waals surface area contributed by atoms with Crippen molar-refractivity contribution in [3.8, 4) is 5.75 Å². The standard InChI is InChI=1S/C36H39BrN4O7S/c1-5-26(3)38-36(43)34(21-27-10-7-6-8-11-27)39(23-28-12-9-13-29(37)20-28)35(42)24-40(30-15-17-31(48-4)18-16-30)49(46,47)32-19-14-25(2)33(22-32)41(44)45/h6-20,22,26,34H,5,21,23-24H2,1-4H3,(H,38,43). The lowest BCUT2D eigenvalue weighted by molar-refractivity contribution is -0.385. The van der Waals surface area contributed by atoms with E-state index < -0.39 is 33.4 Å². The summed E-state index contributed by atoms with van der Waals surface area (Å²) in [5, 5.41) is 14.8. The quantitative estimate of drug-likeness (QED) is 0.109. The highest BCUT2D eigenvalue weighted by Gasteiger charge is 2.35. The largest absolute Gasteiger partial charge is 0.497 e. The number of anilines is 1. The van der Waals surface area contributed by atoms with Crippen LogP contribution in [-0.4, -0.2) is 55.8 Å². The van der Waals surface area contributed by atoms with Crippen LogP contribution in [0.3, 0.4) is 0 Å². The zero-order chi connectivity index (χ0) is 35.7. The maximum Gasteiger partial charge on any atom is 0.273 e. The fraction of sp³-hybridized carbons (Fsp3) is 0.278. The molecule has 258 valence electrons. The average molecular weight is 752 g/mol. The number of hydrogen-bond donors (Lipinski definition) is 1. The van der Waals surface area contributed by atoms with E-state index in [1.165, 1.54) is 43.2 Å². The second-order valence-electron chi connectivity index (χ2n) is 11.6. The van der Waals surface area contributed by atoms with Crippen LogP contribution in [0, 0.1) is 17.0 Å². The van der Waals surface area contributed by atoms with E-state index in [4.69, 9.17) is 4.74 Å². The number of ether oxygens (including phenoxy) is 1. The molecule has 49 heavy (non-hydrogen) atoms. The monoisotopic (exact) mass is 750 g/mol. The van der Waals surface area contributed by atoms with Crippen molar-refractivity contribution in [3.63, 3.8) is 0 Å². The van der Waals surface area contributed by atoms with Gasteiger partial charge < -0.3 is 15.0 Å². The van der Waals surface area contributed by atoms with E-state index in [9.17, 15) is 28.1 Å². The lowest BCUT2D eigenvalue weighted by Crippen LogP contribution is -2.54. The molecule has 0 heterocycles. The second kappa shape index (κ2) is 16.6. The van der Waals surface area contributed by atoms with Gasteiger partial charge in [-0.1, -0.05) is 71.4 Å². The van der Waals surface area contributed by atoms with Gasteiger partial charge in [0.25, 0.3) is 15.7 Å². The second-order valence-corrected chi connectivity index (χ2v) is 14.4. The number of benzene rings is 4. The molecule has 0 saturated heterocycles. The third kappa shape index (κ3) is 9.45. The van der Waals surface area contributed by atoms with Gasteiger partial charge in [0.2, 0.25) is 11.8 Å². The molecule has 11 nitrogen and oxygen atoms in total. The molecule has 0 fully saturated rings. The van der Waals surface area contributed by atoms with Gasteiger partial charge in [-0.15, -0.1) is 0 Å². The summed E-state index contributed by atoms with van der Waals surface area (Å²) >= 11 is 3.48. The van der Waals surface area contributed by atoms with Crippen LogP contribution < -0.4 is 14.4 Å². The number of rotatable bonds is 15. The molecule has 0 aliphatic rings. The van der Waals surface area contributed by atoms with E-state index in [1.54, 1.807) is 12.1 Å². The van der Waals surface area contributed by atoms with Crippen molar-refractivity contribution in [2.75, 3.05) is 18.0 Å². The van der Waals surface area contributed by atoms with Gasteiger partial charge >= 0.3 is 0 Å². The lowest BCUT2D eigenvalue weighted by Gasteiger charge is -2.34. The normalized spacial score (nSPS) is 12.4. The smallest absolute Gasteiger partial charge is 0.273 e. The first-order chi connectivity index (χ1) is 23.3. The molecule has 0 aliphatic heterocycles. The number of nitrogens with one attached hydrogen (secondary N) is 1. The SMILES string of the molecule is CCC(C)NC(=O)C(Cc1ccccc1)N(Cc1cccc(Br)c1)C(=O)CN(c1ccc(OC)cc1)S(=O)(=O)c1ccc(C)c([N+](=O)[O-])c1. The molecule has 1 N–H and O–H groups in total. The number of aryl methyl sites for hydroxylation is 1. The van der Waals surface area contributed by atoms with E-state index >= 15 is 0 Å². The van der Waals surface area contributed by atoms with Crippen molar-refractivity contribution in [1.29, 1.82) is 0 Å². The Hall–Kier alpha value is -4.75. The Kier molecular flexibility index (Phi) is 12.5. The van der Waals surface area contributed by atoms with Crippen molar-refractivity contribution < 1.29 is 27.7 Å². The topological polar surface area (TPSA) is 139 Å². The highest BCUT2D eigenvalue weighted by atomic mass is 79.9. The molecule has 0 aromatic heterocycles. The Morgan fingerprint density at radius 1 is 0.959 bits per heavy atom. The van der Waals surface area contributed by atoms with Crippen molar-refractivity contribution >= 4 is 49.1 Å². The maximum atomic E-state index is 14.6. The lowest BCUT2D eigenvalue weighted by atomic mass is 10.0. The number of hydrogen-bond acceptors (Lipinski definition) is 7. The molecule has 0 spiro atoms. The summed E-state index contributed by atoms with van der Waals surface area (Å²) in [5.74, 6) is -0.574. The molecule has 2 amide bonds. The summed E-state index contributed by atoms with van der Waals surface area (Å²) in [6.07, 6.45) is 0.831. The molecule has 4 rings (SSSR count). The van der Waals surface area contributed by atoms with Gasteiger partial charge in [-0.25, -0.2) is 8.42 Å². The first-order valence-corrected chi connectivity index (χ1v) is 17.9. The van der Waals surface area contributed by atoms with Crippen LogP contribution in [0.1, 0.15) is 37.0 Å². The van der Waals surface area contributed by atoms with Crippen LogP contribution in [0.2, 0.25) is 0 Å². The van der Waals surface area contributed by atoms with Crippen LogP contribution in [0.4, 0.5) is 11.4 Å². The van der Waals surface area contributed by atoms with Crippen molar-refractivity contribution in [2.24, 2.45) is 0 Å². The Labute approximate surface area is 295 Å². The molecule has 0 bridgehead atoms. The Balaban J connectivity index is 1.85. The fourth-order valence-corrected chi connectivity index (χ4v) is 7.06. The molecule has 0 saturated carbocycles. The average Bonchev–Trinajstić information content (AvgIpc) is 3.09. The van der Waals surface area contributed by atoms with Crippen LogP contribution in [0.25, 0.3) is 0 Å². The number of amides is 2. The number of carbonyl (C=O) groups excluding carboxylic acids is 2. The van der Waals surface area contributed by atoms with Gasteiger partial charge in [0.1, 0.15) is 18.3 Å². The first kappa shape index (κ1) is 37.1. The van der Waals surface area contributed by atoms with E-state index in [0.717, 1.165) is 20.4 Å². The van der Waals surface area contributed by atoms with Gasteiger partial charge in [0, 0.05) is 35.1 Å². The Morgan fingerprint density at radius 2 is 1.63 bits per heavy atom. The summed E-state index contributed by atoms with van der Waals surface area (Å²) in [4.78, 5) is 40.7. The van der Waals surface area contributed by atoms with Gasteiger partial charge in [-0.05, 0) is 73.9 Å². The van der Waals surface area contributed by atoms with E-state index in [-0.39, 0.29) is 46.7 Å². The maximum absolute atomic E-state index is 14.6. The summed E-state index contributed by atoms with van der Waals surface area (Å²) in [7, 11) is -3.08. The summed E-state index contributed by atoms with van der Waals surface area (Å²) in [5.41, 5.74) is 1.56. The summed E-state index contributed by atoms with van der Waals surface area (Å²) in [6.45, 7) is 4.62. The summed E-state index contributed by atoms with van der Waals surface area (Å²) < 4.78 is 35.6. The number of nitro benzene ring substituents is 1. The number of sulfonamides is 1. The molecule has 13 heteroatoms. The molecular weight excluding hydrogens is 712 g/mol. The predicted octanol–water partition coefficient (Wildman–Crippen LogP) is 6.42. The van der Waals surface area contributed by atoms with Crippen molar-refractivity contribution in [3.05, 3.63) is 128 Å². The zero-order valence-electron chi connectivity index (χ0n) is 27.7. The molecule has 4 aromatic carbocycles. The van der Waals surface area contributed by atoms with E-state index in [2.05, 4.69) is 21.2 Å². The van der Waals surface area contributed by atoms with E-state index in [0.29, 0.717) is 17.7 Å². The highest BCUT2D eigenvalue weighted by Crippen LogP contribution is 2.30. The molecule has 2 unspecified atom stereocenters. The van der Waals surface area contributed by atoms with E-state index in [1.807, 2.05) is 68.4 Å². The zero-order valence-corrected chi connectivity index (χ0v) is 30.1. The van der Waals surface area contributed by atoms with Gasteiger partial charge in [0.05, 0.1) is 22.6 Å². The first-order valence-electron chi connectivity index (χ1n) is 15.6. The minimum absolute atomic E-state index is 0.00377. The minimum Gasteiger partial charge on any atom is -0.497 e. The molecular formula is C36H39BrN4O7S. The van der Waals surface area contributed by atoms with Crippen LogP contribution >= 0.6 is 15.9 Å². The van der Waals surface area contributed by atoms with Crippen molar-refractivity contribution in [1.82, 2.24) is 10.2 Å². The molecule has 0 radical (unpaired) electrons. The van der Waals surface area contributed by atoms with Gasteiger partial charge in [-0.3, -0.25) is 24.0 Å². The van der Waals surface area contributed by atoms with Gasteiger partial charge in [-0.2, -0.15) is 0 Å². The third-order valence-electron chi connectivity index (χ3n) is 8.12. The Bertz CT molecular complexity index is 1890. The van der Waals surface area contributed by atoms with Crippen molar-refractivity contribution in [2.45, 2.75) is 57.1 Å². The minimum atomic E-state index is -4.55. The predicted molar refractivity (Wildman–Crippen MR) is 192 cm³/mol. The Morgan fingerprint density at radius 3 is 2.24 bits per heavy atom. The summed E-state index contributed by atoms with van der Waals surface area (Å²) in [6, 6.07) is 25.1. The number of halogens is 1. The number of methoxy groups -OCH3 is 1. The van der Waals surface area contributed by atoms with Crippen LogP contribution in [-0.2, 0) is 32.6 Å². The van der Waals surface area contributed by atoms with Gasteiger partial charge in [0.15, 0.2) is 0 Å². The molecule has 4 aromatic rings. The fourth-order valence-electron chi connectivity index (χ4n) is 5.18. The number of nitrogens with zero attached hydrogens (tertiary/aromatic N) is 3.